The number of thiocarbonyl (C=S) groups is 1. The van der Waals surface area contributed by atoms with Crippen LogP contribution in [0.5, 0.6) is 0 Å². The second-order valence-electron chi connectivity index (χ2n) is 4.44. The maximum absolute atomic E-state index is 11.6. The van der Waals surface area contributed by atoms with E-state index in [9.17, 15) is 8.42 Å². The lowest BCUT2D eigenvalue weighted by molar-refractivity contribution is 0.588. The molecule has 2 aromatic rings. The Morgan fingerprint density at radius 1 is 0.957 bits per heavy atom. The van der Waals surface area contributed by atoms with Gasteiger partial charge in [-0.2, -0.15) is 0 Å². The van der Waals surface area contributed by atoms with Crippen molar-refractivity contribution in [2.45, 2.75) is 4.90 Å². The van der Waals surface area contributed by atoms with Gasteiger partial charge in [0.2, 0.25) is 10.0 Å². The molecule has 0 bridgehead atoms. The Morgan fingerprint density at radius 3 is 2.09 bits per heavy atom. The second-order valence-corrected chi connectivity index (χ2v) is 7.55. The first kappa shape index (κ1) is 18.0. The molecule has 9 heteroatoms. The maximum Gasteiger partial charge on any atom is 0.240 e. The fraction of sp³-hybridized carbons (Fsp3) is 0.0714. The van der Waals surface area contributed by atoms with Crippen LogP contribution in [0.4, 0.5) is 11.4 Å². The van der Waals surface area contributed by atoms with Gasteiger partial charge in [0.05, 0.1) is 14.9 Å². The van der Waals surface area contributed by atoms with Gasteiger partial charge in [-0.25, -0.2) is 13.1 Å². The van der Waals surface area contributed by atoms with Crippen LogP contribution in [0.1, 0.15) is 0 Å². The van der Waals surface area contributed by atoms with Gasteiger partial charge in [-0.15, -0.1) is 0 Å². The summed E-state index contributed by atoms with van der Waals surface area (Å²) in [7, 11) is -2.10. The van der Waals surface area contributed by atoms with E-state index in [1.165, 1.54) is 19.2 Å². The van der Waals surface area contributed by atoms with Crippen LogP contribution in [-0.2, 0) is 10.0 Å². The SMILES string of the molecule is CNS(=O)(=O)c1ccc(NC(=S)Nc2ccc(Cl)c(Cl)c2)cc1. The van der Waals surface area contributed by atoms with Crippen molar-refractivity contribution < 1.29 is 8.42 Å². The van der Waals surface area contributed by atoms with Gasteiger partial charge in [-0.05, 0) is 61.7 Å². The molecule has 2 aromatic carbocycles. The molecule has 0 unspecified atom stereocenters. The van der Waals surface area contributed by atoms with Crippen LogP contribution < -0.4 is 15.4 Å². The maximum atomic E-state index is 11.6. The minimum absolute atomic E-state index is 0.175. The van der Waals surface area contributed by atoms with Gasteiger partial charge in [0.25, 0.3) is 0 Å². The Bertz CT molecular complexity index is 824. The van der Waals surface area contributed by atoms with Gasteiger partial charge >= 0.3 is 0 Å². The third-order valence-electron chi connectivity index (χ3n) is 2.87. The van der Waals surface area contributed by atoms with Crippen LogP contribution in [0.2, 0.25) is 10.0 Å². The molecule has 0 fully saturated rings. The van der Waals surface area contributed by atoms with Crippen molar-refractivity contribution in [3.63, 3.8) is 0 Å². The van der Waals surface area contributed by atoms with E-state index >= 15 is 0 Å². The molecule has 0 radical (unpaired) electrons. The zero-order valence-corrected chi connectivity index (χ0v) is 15.1. The Balaban J connectivity index is 2.04. The average Bonchev–Trinajstić information content (AvgIpc) is 2.51. The molecule has 0 saturated heterocycles. The van der Waals surface area contributed by atoms with Gasteiger partial charge in [0.15, 0.2) is 5.11 Å². The van der Waals surface area contributed by atoms with Crippen LogP contribution in [0.15, 0.2) is 47.4 Å². The molecule has 0 saturated carbocycles. The summed E-state index contributed by atoms with van der Waals surface area (Å²) in [4.78, 5) is 0.175. The zero-order chi connectivity index (χ0) is 17.0. The predicted octanol–water partition coefficient (Wildman–Crippen LogP) is 3.71. The van der Waals surface area contributed by atoms with E-state index in [0.717, 1.165) is 0 Å². The van der Waals surface area contributed by atoms with Crippen LogP contribution in [-0.4, -0.2) is 20.6 Å². The summed E-state index contributed by atoms with van der Waals surface area (Å²) in [5, 5.41) is 7.13. The summed E-state index contributed by atoms with van der Waals surface area (Å²) < 4.78 is 25.5. The number of halogens is 2. The van der Waals surface area contributed by atoms with Crippen LogP contribution in [0.3, 0.4) is 0 Å². The van der Waals surface area contributed by atoms with E-state index in [2.05, 4.69) is 15.4 Å². The van der Waals surface area contributed by atoms with Gasteiger partial charge < -0.3 is 10.6 Å². The largest absolute Gasteiger partial charge is 0.332 e. The minimum atomic E-state index is -3.45. The molecular weight excluding hydrogens is 377 g/mol. The van der Waals surface area contributed by atoms with Crippen LogP contribution >= 0.6 is 35.4 Å². The van der Waals surface area contributed by atoms with E-state index in [-0.39, 0.29) is 4.90 Å². The van der Waals surface area contributed by atoms with Crippen molar-refractivity contribution in [1.82, 2.24) is 4.72 Å². The molecule has 0 atom stereocenters. The number of anilines is 2. The molecule has 122 valence electrons. The van der Waals surface area contributed by atoms with Gasteiger partial charge in [-0.3, -0.25) is 0 Å². The molecule has 23 heavy (non-hydrogen) atoms. The molecule has 0 heterocycles. The minimum Gasteiger partial charge on any atom is -0.332 e. The zero-order valence-electron chi connectivity index (χ0n) is 11.9. The lowest BCUT2D eigenvalue weighted by Gasteiger charge is -2.11. The van der Waals surface area contributed by atoms with Gasteiger partial charge in [0, 0.05) is 11.4 Å². The highest BCUT2D eigenvalue weighted by Gasteiger charge is 2.10. The second kappa shape index (κ2) is 7.46. The van der Waals surface area contributed by atoms with Crippen molar-refractivity contribution in [3.8, 4) is 0 Å². The summed E-state index contributed by atoms with van der Waals surface area (Å²) in [6.45, 7) is 0. The highest BCUT2D eigenvalue weighted by atomic mass is 35.5. The fourth-order valence-electron chi connectivity index (χ4n) is 1.70. The molecular formula is C14H13Cl2N3O2S2. The van der Waals surface area contributed by atoms with E-state index in [1.807, 2.05) is 0 Å². The summed E-state index contributed by atoms with van der Waals surface area (Å²) in [5.41, 5.74) is 1.34. The summed E-state index contributed by atoms with van der Waals surface area (Å²) in [5.74, 6) is 0. The van der Waals surface area contributed by atoms with Crippen molar-refractivity contribution in [2.75, 3.05) is 17.7 Å². The first-order valence-electron chi connectivity index (χ1n) is 6.38. The fourth-order valence-corrected chi connectivity index (χ4v) is 2.97. The number of nitrogens with one attached hydrogen (secondary N) is 3. The van der Waals surface area contributed by atoms with E-state index in [0.29, 0.717) is 26.5 Å². The third-order valence-corrected chi connectivity index (χ3v) is 5.24. The first-order chi connectivity index (χ1) is 10.8. The number of hydrogen-bond donors (Lipinski definition) is 3. The molecule has 3 N–H and O–H groups in total. The van der Waals surface area contributed by atoms with Crippen molar-refractivity contribution in [1.29, 1.82) is 0 Å². The van der Waals surface area contributed by atoms with Crippen molar-refractivity contribution >= 4 is 61.9 Å². The number of sulfonamides is 1. The Morgan fingerprint density at radius 2 is 1.52 bits per heavy atom. The normalized spacial score (nSPS) is 11.1. The highest BCUT2D eigenvalue weighted by Crippen LogP contribution is 2.25. The van der Waals surface area contributed by atoms with Crippen LogP contribution in [0.25, 0.3) is 0 Å². The number of hydrogen-bond acceptors (Lipinski definition) is 3. The average molecular weight is 390 g/mol. The number of benzene rings is 2. The van der Waals surface area contributed by atoms with Crippen LogP contribution in [0, 0.1) is 0 Å². The highest BCUT2D eigenvalue weighted by molar-refractivity contribution is 7.89. The van der Waals surface area contributed by atoms with E-state index in [1.54, 1.807) is 30.3 Å². The van der Waals surface area contributed by atoms with Gasteiger partial charge in [0.1, 0.15) is 0 Å². The molecule has 0 amide bonds. The lowest BCUT2D eigenvalue weighted by atomic mass is 10.3. The standard InChI is InChI=1S/C14H13Cl2N3O2S2/c1-17-23(20,21)11-5-2-9(3-6-11)18-14(22)19-10-4-7-12(15)13(16)8-10/h2-8,17H,1H3,(H2,18,19,22). The lowest BCUT2D eigenvalue weighted by Crippen LogP contribution is -2.20. The summed E-state index contributed by atoms with van der Waals surface area (Å²) >= 11 is 17.0. The topological polar surface area (TPSA) is 70.2 Å². The molecule has 0 aliphatic rings. The third kappa shape index (κ3) is 4.79. The van der Waals surface area contributed by atoms with E-state index in [4.69, 9.17) is 35.4 Å². The Labute approximate surface area is 150 Å². The Kier molecular flexibility index (Phi) is 5.83. The van der Waals surface area contributed by atoms with Gasteiger partial charge in [-0.1, -0.05) is 23.2 Å². The van der Waals surface area contributed by atoms with Crippen molar-refractivity contribution in [2.24, 2.45) is 0 Å². The molecule has 0 aliphatic heterocycles. The summed E-state index contributed by atoms with van der Waals surface area (Å²) in [6.07, 6.45) is 0. The number of rotatable bonds is 4. The molecule has 0 spiro atoms. The molecule has 0 aliphatic carbocycles. The summed E-state index contributed by atoms with van der Waals surface area (Å²) in [6, 6.07) is 11.3. The van der Waals surface area contributed by atoms with Crippen molar-refractivity contribution in [3.05, 3.63) is 52.5 Å². The predicted molar refractivity (Wildman–Crippen MR) is 99.0 cm³/mol. The smallest absolute Gasteiger partial charge is 0.240 e. The first-order valence-corrected chi connectivity index (χ1v) is 9.03. The molecule has 0 aromatic heterocycles. The monoisotopic (exact) mass is 389 g/mol. The molecule has 5 nitrogen and oxygen atoms in total. The van der Waals surface area contributed by atoms with E-state index < -0.39 is 10.0 Å². The molecule has 2 rings (SSSR count). The Hall–Kier alpha value is -1.38. The quantitative estimate of drug-likeness (QED) is 0.695.